The molecule has 0 spiro atoms. The highest BCUT2D eigenvalue weighted by molar-refractivity contribution is 5.81. The van der Waals surface area contributed by atoms with Gasteiger partial charge in [-0.15, -0.1) is 0 Å². The van der Waals surface area contributed by atoms with Crippen LogP contribution in [0.2, 0.25) is 0 Å². The summed E-state index contributed by atoms with van der Waals surface area (Å²) in [5, 5.41) is 0. The number of fused-ring (bicyclic) bond motifs is 1. The van der Waals surface area contributed by atoms with Crippen molar-refractivity contribution in [3.8, 4) is 5.75 Å². The lowest BCUT2D eigenvalue weighted by molar-refractivity contribution is -0.144. The Kier molecular flexibility index (Phi) is 4.86. The molecule has 1 heterocycles. The minimum Gasteiger partial charge on any atom is -0.497 e. The second kappa shape index (κ2) is 7.05. The molecule has 2 aromatic carbocycles. The molecule has 126 valence electrons. The van der Waals surface area contributed by atoms with Gasteiger partial charge in [0.25, 0.3) is 5.91 Å². The summed E-state index contributed by atoms with van der Waals surface area (Å²) >= 11 is 0. The van der Waals surface area contributed by atoms with Gasteiger partial charge in [0.2, 0.25) is 0 Å². The van der Waals surface area contributed by atoms with Gasteiger partial charge in [0.15, 0.2) is 0 Å². The zero-order chi connectivity index (χ0) is 17.1. The number of rotatable bonds is 4. The van der Waals surface area contributed by atoms with Gasteiger partial charge in [-0.3, -0.25) is 4.79 Å². The van der Waals surface area contributed by atoms with Crippen LogP contribution in [0.4, 0.5) is 0 Å². The van der Waals surface area contributed by atoms with Crippen molar-refractivity contribution in [3.05, 3.63) is 65.2 Å². The summed E-state index contributed by atoms with van der Waals surface area (Å²) in [5.41, 5.74) is 3.55. The van der Waals surface area contributed by atoms with Gasteiger partial charge >= 0.3 is 0 Å². The van der Waals surface area contributed by atoms with Crippen molar-refractivity contribution in [3.63, 3.8) is 0 Å². The van der Waals surface area contributed by atoms with Crippen LogP contribution in [0.25, 0.3) is 0 Å². The normalized spacial score (nSPS) is 18.0. The van der Waals surface area contributed by atoms with Crippen molar-refractivity contribution in [2.75, 3.05) is 14.2 Å². The van der Waals surface area contributed by atoms with Crippen LogP contribution in [0.3, 0.4) is 0 Å². The van der Waals surface area contributed by atoms with E-state index in [-0.39, 0.29) is 11.9 Å². The van der Waals surface area contributed by atoms with Gasteiger partial charge in [-0.1, -0.05) is 36.4 Å². The van der Waals surface area contributed by atoms with Crippen LogP contribution in [-0.4, -0.2) is 31.1 Å². The molecule has 0 radical (unpaired) electrons. The van der Waals surface area contributed by atoms with Crippen LogP contribution in [0.1, 0.15) is 29.7 Å². The molecule has 0 bridgehead atoms. The van der Waals surface area contributed by atoms with Gasteiger partial charge in [-0.05, 0) is 42.2 Å². The van der Waals surface area contributed by atoms with E-state index in [4.69, 9.17) is 9.47 Å². The van der Waals surface area contributed by atoms with Gasteiger partial charge in [-0.2, -0.15) is 0 Å². The monoisotopic (exact) mass is 325 g/mol. The van der Waals surface area contributed by atoms with Crippen LogP contribution in [0.5, 0.6) is 5.75 Å². The first-order valence-corrected chi connectivity index (χ1v) is 8.18. The predicted octanol–water partition coefficient (Wildman–Crippen LogP) is 3.36. The minimum absolute atomic E-state index is 0.0137. The van der Waals surface area contributed by atoms with E-state index >= 15 is 0 Å². The number of amides is 1. The molecule has 0 N–H and O–H groups in total. The van der Waals surface area contributed by atoms with Gasteiger partial charge < -0.3 is 14.4 Å². The van der Waals surface area contributed by atoms with Crippen molar-refractivity contribution in [1.82, 2.24) is 4.90 Å². The smallest absolute Gasteiger partial charge is 0.252 e. The molecular weight excluding hydrogens is 302 g/mol. The molecule has 4 heteroatoms. The van der Waals surface area contributed by atoms with Crippen molar-refractivity contribution in [2.45, 2.75) is 32.0 Å². The van der Waals surface area contributed by atoms with Crippen LogP contribution in [0.15, 0.2) is 48.5 Å². The van der Waals surface area contributed by atoms with E-state index in [9.17, 15) is 4.79 Å². The summed E-state index contributed by atoms with van der Waals surface area (Å²) in [6.07, 6.45) is 0.342. The number of carbonyl (C=O) groups excluding carboxylic acids is 1. The van der Waals surface area contributed by atoms with Crippen molar-refractivity contribution >= 4 is 5.91 Å². The van der Waals surface area contributed by atoms with E-state index in [0.29, 0.717) is 6.54 Å². The molecule has 0 aliphatic carbocycles. The maximum Gasteiger partial charge on any atom is 0.252 e. The summed E-state index contributed by atoms with van der Waals surface area (Å²) in [6.45, 7) is 2.37. The first-order chi connectivity index (χ1) is 11.6. The highest BCUT2D eigenvalue weighted by Crippen LogP contribution is 2.35. The fourth-order valence-corrected chi connectivity index (χ4v) is 3.23. The van der Waals surface area contributed by atoms with Crippen LogP contribution >= 0.6 is 0 Å². The standard InChI is InChI=1S/C20H23NO3/c1-14(23-2)20(22)21-13-17-11-18(24-3)10-9-16(17)12-19(21)15-7-5-4-6-8-15/h4-11,14,19H,12-13H2,1-3H3/t14-,19+/m1/s1. The first-order valence-electron chi connectivity index (χ1n) is 8.18. The third kappa shape index (κ3) is 3.15. The molecule has 2 atom stereocenters. The Morgan fingerprint density at radius 3 is 2.54 bits per heavy atom. The number of hydrogen-bond acceptors (Lipinski definition) is 3. The zero-order valence-corrected chi connectivity index (χ0v) is 14.4. The van der Waals surface area contributed by atoms with Crippen LogP contribution in [-0.2, 0) is 22.5 Å². The molecule has 1 aliphatic heterocycles. The Bertz CT molecular complexity index is 714. The molecule has 4 nitrogen and oxygen atoms in total. The third-order valence-electron chi connectivity index (χ3n) is 4.71. The Hall–Kier alpha value is -2.33. The van der Waals surface area contributed by atoms with Gasteiger partial charge in [0.05, 0.1) is 13.2 Å². The highest BCUT2D eigenvalue weighted by Gasteiger charge is 2.33. The van der Waals surface area contributed by atoms with Gasteiger partial charge in [0.1, 0.15) is 11.9 Å². The van der Waals surface area contributed by atoms with Crippen molar-refractivity contribution < 1.29 is 14.3 Å². The maximum atomic E-state index is 12.8. The largest absolute Gasteiger partial charge is 0.497 e. The Morgan fingerprint density at radius 2 is 1.88 bits per heavy atom. The number of hydrogen-bond donors (Lipinski definition) is 0. The van der Waals surface area contributed by atoms with E-state index in [1.165, 1.54) is 5.56 Å². The van der Waals surface area contributed by atoms with Gasteiger partial charge in [0, 0.05) is 13.7 Å². The molecular formula is C20H23NO3. The SMILES string of the molecule is COc1ccc2c(c1)CN(C(=O)[C@@H](C)OC)[C@H](c1ccccc1)C2. The molecule has 24 heavy (non-hydrogen) atoms. The zero-order valence-electron chi connectivity index (χ0n) is 14.4. The molecule has 0 aromatic heterocycles. The summed E-state index contributed by atoms with van der Waals surface area (Å²) < 4.78 is 10.6. The Balaban J connectivity index is 2.00. The molecule has 3 rings (SSSR count). The number of nitrogens with zero attached hydrogens (tertiary/aromatic N) is 1. The summed E-state index contributed by atoms with van der Waals surface area (Å²) in [7, 11) is 3.23. The fourth-order valence-electron chi connectivity index (χ4n) is 3.23. The molecule has 2 aromatic rings. The van der Waals surface area contributed by atoms with Crippen molar-refractivity contribution in [1.29, 1.82) is 0 Å². The van der Waals surface area contributed by atoms with E-state index in [2.05, 4.69) is 18.2 Å². The second-order valence-electron chi connectivity index (χ2n) is 6.11. The number of benzene rings is 2. The van der Waals surface area contributed by atoms with E-state index in [0.717, 1.165) is 23.3 Å². The average molecular weight is 325 g/mol. The summed E-state index contributed by atoms with van der Waals surface area (Å²) in [5.74, 6) is 0.832. The van der Waals surface area contributed by atoms with Crippen LogP contribution in [0, 0.1) is 0 Å². The lowest BCUT2D eigenvalue weighted by Gasteiger charge is -2.38. The lowest BCUT2D eigenvalue weighted by atomic mass is 9.89. The quantitative estimate of drug-likeness (QED) is 0.865. The third-order valence-corrected chi connectivity index (χ3v) is 4.71. The summed E-state index contributed by atoms with van der Waals surface area (Å²) in [6, 6.07) is 16.3. The maximum absolute atomic E-state index is 12.8. The number of ether oxygens (including phenoxy) is 2. The molecule has 0 unspecified atom stereocenters. The van der Waals surface area contributed by atoms with E-state index in [1.807, 2.05) is 35.2 Å². The number of methoxy groups -OCH3 is 2. The predicted molar refractivity (Wildman–Crippen MR) is 92.9 cm³/mol. The molecule has 0 saturated carbocycles. The Morgan fingerprint density at radius 1 is 1.12 bits per heavy atom. The van der Waals surface area contributed by atoms with Crippen LogP contribution < -0.4 is 4.74 Å². The molecule has 0 fully saturated rings. The highest BCUT2D eigenvalue weighted by atomic mass is 16.5. The minimum atomic E-state index is -0.455. The molecule has 1 aliphatic rings. The fraction of sp³-hybridized carbons (Fsp3) is 0.350. The Labute approximate surface area is 143 Å². The first kappa shape index (κ1) is 16.5. The average Bonchev–Trinajstić information content (AvgIpc) is 2.65. The summed E-state index contributed by atoms with van der Waals surface area (Å²) in [4.78, 5) is 14.8. The van der Waals surface area contributed by atoms with Gasteiger partial charge in [-0.25, -0.2) is 0 Å². The molecule has 1 amide bonds. The lowest BCUT2D eigenvalue weighted by Crippen LogP contribution is -2.43. The molecule has 0 saturated heterocycles. The van der Waals surface area contributed by atoms with Crippen molar-refractivity contribution in [2.24, 2.45) is 0 Å². The van der Waals surface area contributed by atoms with E-state index in [1.54, 1.807) is 21.1 Å². The van der Waals surface area contributed by atoms with E-state index < -0.39 is 6.10 Å². The number of carbonyl (C=O) groups is 1. The topological polar surface area (TPSA) is 38.8 Å². The second-order valence-corrected chi connectivity index (χ2v) is 6.11.